The van der Waals surface area contributed by atoms with E-state index in [0.717, 1.165) is 24.0 Å². The highest BCUT2D eigenvalue weighted by atomic mass is 16.1. The van der Waals surface area contributed by atoms with E-state index >= 15 is 0 Å². The van der Waals surface area contributed by atoms with Crippen molar-refractivity contribution < 1.29 is 4.79 Å². The second-order valence-electron chi connectivity index (χ2n) is 6.69. The zero-order chi connectivity index (χ0) is 14.7. The third kappa shape index (κ3) is 4.03. The molecular weight excluding hydrogens is 258 g/mol. The number of carbonyl (C=O) groups is 1. The second-order valence-corrected chi connectivity index (χ2v) is 6.69. The minimum atomic E-state index is 0.342. The molecule has 0 saturated heterocycles. The minimum absolute atomic E-state index is 0.342. The van der Waals surface area contributed by atoms with Gasteiger partial charge in [0.05, 0.1) is 0 Å². The maximum Gasteiger partial charge on any atom is 0.140 e. The van der Waals surface area contributed by atoms with Gasteiger partial charge in [-0.15, -0.1) is 0 Å². The Balaban J connectivity index is 1.73. The van der Waals surface area contributed by atoms with Crippen LogP contribution in [-0.4, -0.2) is 18.0 Å². The van der Waals surface area contributed by atoms with Crippen LogP contribution in [0.1, 0.15) is 61.6 Å². The van der Waals surface area contributed by atoms with Gasteiger partial charge in [0.15, 0.2) is 0 Å². The fraction of sp³-hybridized carbons (Fsp3) is 0.579. The third-order valence-corrected chi connectivity index (χ3v) is 4.70. The average molecular weight is 283 g/mol. The molecule has 0 spiro atoms. The first-order valence-electron chi connectivity index (χ1n) is 8.38. The molecule has 21 heavy (non-hydrogen) atoms. The van der Waals surface area contributed by atoms with Crippen molar-refractivity contribution in [1.82, 2.24) is 0 Å². The summed E-state index contributed by atoms with van der Waals surface area (Å²) in [5, 5.41) is 0. The van der Waals surface area contributed by atoms with Gasteiger partial charge in [0.2, 0.25) is 0 Å². The van der Waals surface area contributed by atoms with Crippen LogP contribution in [0.25, 0.3) is 0 Å². The summed E-state index contributed by atoms with van der Waals surface area (Å²) >= 11 is 0. The number of rotatable bonds is 5. The van der Waals surface area contributed by atoms with Gasteiger partial charge in [0.25, 0.3) is 0 Å². The Morgan fingerprint density at radius 2 is 1.95 bits per heavy atom. The highest BCUT2D eigenvalue weighted by Gasteiger charge is 2.29. The van der Waals surface area contributed by atoms with Gasteiger partial charge in [-0.25, -0.2) is 0 Å². The number of ketones is 1. The van der Waals surface area contributed by atoms with Gasteiger partial charge in [-0.3, -0.25) is 9.79 Å². The first-order chi connectivity index (χ1) is 10.2. The quantitative estimate of drug-likeness (QED) is 0.742. The van der Waals surface area contributed by atoms with Crippen LogP contribution in [0.4, 0.5) is 0 Å². The average Bonchev–Trinajstić information content (AvgIpc) is 3.33. The van der Waals surface area contributed by atoms with Gasteiger partial charge in [-0.2, -0.15) is 0 Å². The number of aliphatic imine (C=N–C) groups is 1. The van der Waals surface area contributed by atoms with Crippen LogP contribution in [0, 0.1) is 12.8 Å². The Kier molecular flexibility index (Phi) is 4.52. The molecule has 0 aromatic heterocycles. The smallest absolute Gasteiger partial charge is 0.140 e. The van der Waals surface area contributed by atoms with E-state index in [0.29, 0.717) is 24.2 Å². The van der Waals surface area contributed by atoms with E-state index in [2.05, 4.69) is 25.1 Å². The molecule has 1 aromatic carbocycles. The van der Waals surface area contributed by atoms with Gasteiger partial charge in [0.1, 0.15) is 5.78 Å². The number of benzene rings is 1. The zero-order valence-corrected chi connectivity index (χ0v) is 13.0. The van der Waals surface area contributed by atoms with Gasteiger partial charge in [-0.1, -0.05) is 43.0 Å². The molecule has 2 fully saturated rings. The molecule has 0 N–H and O–H groups in total. The molecule has 2 saturated carbocycles. The fourth-order valence-electron chi connectivity index (χ4n) is 3.15. The lowest BCUT2D eigenvalue weighted by atomic mass is 9.95. The van der Waals surface area contributed by atoms with Crippen LogP contribution in [-0.2, 0) is 11.2 Å². The molecule has 0 radical (unpaired) electrons. The number of nitrogens with zero attached hydrogens (tertiary/aromatic N) is 1. The Labute approximate surface area is 127 Å². The van der Waals surface area contributed by atoms with Crippen LogP contribution < -0.4 is 0 Å². The summed E-state index contributed by atoms with van der Waals surface area (Å²) in [6.07, 6.45) is 11.2. The molecule has 0 aliphatic heterocycles. The third-order valence-electron chi connectivity index (χ3n) is 4.70. The number of Topliss-reactive ketones (excluding diaryl/α,β-unsaturated/α-hetero) is 1. The van der Waals surface area contributed by atoms with Crippen LogP contribution in [0.2, 0.25) is 0 Å². The molecule has 0 bridgehead atoms. The summed E-state index contributed by atoms with van der Waals surface area (Å²) in [5.74, 6) is 0.751. The summed E-state index contributed by atoms with van der Waals surface area (Å²) in [7, 11) is 0. The first-order valence-corrected chi connectivity index (χ1v) is 8.38. The highest BCUT2D eigenvalue weighted by Crippen LogP contribution is 2.31. The number of hydrogen-bond acceptors (Lipinski definition) is 2. The monoisotopic (exact) mass is 283 g/mol. The maximum atomic E-state index is 12.1. The molecule has 2 aliphatic rings. The molecular formula is C19H25NO. The van der Waals surface area contributed by atoms with Crippen LogP contribution in [0.15, 0.2) is 23.2 Å². The van der Waals surface area contributed by atoms with Crippen molar-refractivity contribution in [2.24, 2.45) is 10.9 Å². The number of hydrogen-bond donors (Lipinski definition) is 0. The second kappa shape index (κ2) is 6.55. The summed E-state index contributed by atoms with van der Waals surface area (Å²) in [6.45, 7) is 2.10. The van der Waals surface area contributed by atoms with Crippen molar-refractivity contribution in [3.63, 3.8) is 0 Å². The predicted molar refractivity (Wildman–Crippen MR) is 87.1 cm³/mol. The molecule has 112 valence electrons. The molecule has 2 nitrogen and oxygen atoms in total. The van der Waals surface area contributed by atoms with Crippen LogP contribution in [0.5, 0.6) is 0 Å². The van der Waals surface area contributed by atoms with Crippen LogP contribution >= 0.6 is 0 Å². The molecule has 2 heteroatoms. The molecule has 1 aromatic rings. The Hall–Kier alpha value is -1.44. The molecule has 2 aliphatic carbocycles. The van der Waals surface area contributed by atoms with Gasteiger partial charge >= 0.3 is 0 Å². The van der Waals surface area contributed by atoms with Crippen molar-refractivity contribution in [2.75, 3.05) is 0 Å². The summed E-state index contributed by atoms with van der Waals surface area (Å²) in [5.41, 5.74) is 3.54. The van der Waals surface area contributed by atoms with Crippen LogP contribution in [0.3, 0.4) is 0 Å². The van der Waals surface area contributed by atoms with E-state index in [1.54, 1.807) is 0 Å². The van der Waals surface area contributed by atoms with Gasteiger partial charge in [0, 0.05) is 24.6 Å². The summed E-state index contributed by atoms with van der Waals surface area (Å²) < 4.78 is 0. The lowest BCUT2D eigenvalue weighted by Gasteiger charge is -2.17. The van der Waals surface area contributed by atoms with E-state index in [1.165, 1.54) is 37.7 Å². The highest BCUT2D eigenvalue weighted by molar-refractivity contribution is 5.89. The van der Waals surface area contributed by atoms with Crippen molar-refractivity contribution in [2.45, 2.75) is 64.3 Å². The lowest BCUT2D eigenvalue weighted by Crippen LogP contribution is -2.11. The number of aryl methyl sites for hydroxylation is 1. The van der Waals surface area contributed by atoms with E-state index in [-0.39, 0.29) is 0 Å². The van der Waals surface area contributed by atoms with Crippen molar-refractivity contribution in [3.8, 4) is 0 Å². The SMILES string of the molecule is Cc1ccc(CC(=O)C2CC2)c(C=NC2CCCCC2)c1. The van der Waals surface area contributed by atoms with Crippen molar-refractivity contribution >= 4 is 12.0 Å². The van der Waals surface area contributed by atoms with E-state index in [9.17, 15) is 4.79 Å². The largest absolute Gasteiger partial charge is 0.299 e. The Morgan fingerprint density at radius 1 is 1.19 bits per heavy atom. The lowest BCUT2D eigenvalue weighted by molar-refractivity contribution is -0.119. The standard InChI is InChI=1S/C19H25NO/c1-14-7-8-16(12-19(21)15-9-10-15)17(11-14)13-20-18-5-3-2-4-6-18/h7-8,11,13,15,18H,2-6,9-10,12H2,1H3. The molecule has 0 unspecified atom stereocenters. The van der Waals surface area contributed by atoms with E-state index in [1.807, 2.05) is 6.21 Å². The predicted octanol–water partition coefficient (Wildman–Crippen LogP) is 4.27. The zero-order valence-electron chi connectivity index (χ0n) is 13.0. The van der Waals surface area contributed by atoms with E-state index in [4.69, 9.17) is 4.99 Å². The Bertz CT molecular complexity index is 536. The van der Waals surface area contributed by atoms with E-state index < -0.39 is 0 Å². The number of carbonyl (C=O) groups excluding carboxylic acids is 1. The van der Waals surface area contributed by atoms with Crippen molar-refractivity contribution in [3.05, 3.63) is 34.9 Å². The molecule has 0 amide bonds. The van der Waals surface area contributed by atoms with Gasteiger partial charge in [-0.05, 0) is 43.7 Å². The van der Waals surface area contributed by atoms with Gasteiger partial charge < -0.3 is 0 Å². The summed E-state index contributed by atoms with van der Waals surface area (Å²) in [6, 6.07) is 6.87. The first kappa shape index (κ1) is 14.5. The molecule has 0 heterocycles. The minimum Gasteiger partial charge on any atom is -0.299 e. The maximum absolute atomic E-state index is 12.1. The summed E-state index contributed by atoms with van der Waals surface area (Å²) in [4.78, 5) is 16.9. The molecule has 3 rings (SSSR count). The Morgan fingerprint density at radius 3 is 2.67 bits per heavy atom. The fourth-order valence-corrected chi connectivity index (χ4v) is 3.15. The molecule has 0 atom stereocenters. The van der Waals surface area contributed by atoms with Crippen molar-refractivity contribution in [1.29, 1.82) is 0 Å². The topological polar surface area (TPSA) is 29.4 Å². The normalized spacial score (nSPS) is 20.0.